The van der Waals surface area contributed by atoms with Gasteiger partial charge < -0.3 is 15.1 Å². The molecule has 2 fully saturated rings. The van der Waals surface area contributed by atoms with Crippen LogP contribution in [0.2, 0.25) is 0 Å². The molecule has 2 aromatic rings. The van der Waals surface area contributed by atoms with Gasteiger partial charge in [0, 0.05) is 57.6 Å². The summed E-state index contributed by atoms with van der Waals surface area (Å²) in [5, 5.41) is 2.99. The molecular formula is C23H30FN5O3S. The number of hydrogen-bond acceptors (Lipinski definition) is 6. The van der Waals surface area contributed by atoms with Crippen molar-refractivity contribution in [2.45, 2.75) is 24.3 Å². The SMILES string of the molecule is CN1CCN(c2ncccc2CNC(=O)C2CCCN(S(=O)(=O)c3ccc(F)cc3)C2)CC1. The van der Waals surface area contributed by atoms with Gasteiger partial charge in [-0.3, -0.25) is 4.79 Å². The monoisotopic (exact) mass is 475 g/mol. The number of sulfonamides is 1. The highest BCUT2D eigenvalue weighted by atomic mass is 32.2. The number of amides is 1. The molecule has 0 saturated carbocycles. The van der Waals surface area contributed by atoms with Crippen molar-refractivity contribution in [3.05, 3.63) is 54.0 Å². The lowest BCUT2D eigenvalue weighted by Crippen LogP contribution is -2.46. The van der Waals surface area contributed by atoms with Crippen LogP contribution >= 0.6 is 0 Å². The molecular weight excluding hydrogens is 445 g/mol. The number of pyridine rings is 1. The Balaban J connectivity index is 1.39. The van der Waals surface area contributed by atoms with Crippen LogP contribution in [0.15, 0.2) is 47.5 Å². The number of halogens is 1. The first-order chi connectivity index (χ1) is 15.8. The van der Waals surface area contributed by atoms with Crippen LogP contribution in [0.4, 0.5) is 10.2 Å². The van der Waals surface area contributed by atoms with Gasteiger partial charge in [0.15, 0.2) is 0 Å². The number of anilines is 1. The molecule has 2 aliphatic heterocycles. The second kappa shape index (κ2) is 10.1. The Morgan fingerprint density at radius 1 is 1.12 bits per heavy atom. The van der Waals surface area contributed by atoms with Crippen LogP contribution in [-0.4, -0.2) is 74.8 Å². The first-order valence-corrected chi connectivity index (χ1v) is 12.7. The second-order valence-corrected chi connectivity index (χ2v) is 10.6. The number of likely N-dealkylation sites (N-methyl/N-ethyl adjacent to an activating group) is 1. The Morgan fingerprint density at radius 2 is 1.85 bits per heavy atom. The molecule has 3 heterocycles. The fourth-order valence-electron chi connectivity index (χ4n) is 4.33. The standard InChI is InChI=1S/C23H30FN5O3S/c1-27-12-14-28(15-13-27)22-18(4-2-10-25-22)16-26-23(30)19-5-3-11-29(17-19)33(31,32)21-8-6-20(24)7-9-21/h2,4,6-10,19H,3,5,11-17H2,1H3,(H,26,30). The van der Waals surface area contributed by atoms with E-state index in [-0.39, 0.29) is 17.3 Å². The van der Waals surface area contributed by atoms with E-state index in [0.29, 0.717) is 25.9 Å². The summed E-state index contributed by atoms with van der Waals surface area (Å²) < 4.78 is 40.4. The molecule has 0 bridgehead atoms. The van der Waals surface area contributed by atoms with E-state index in [1.165, 1.54) is 16.4 Å². The number of nitrogens with zero attached hydrogens (tertiary/aromatic N) is 4. The van der Waals surface area contributed by atoms with Gasteiger partial charge in [-0.1, -0.05) is 6.07 Å². The zero-order chi connectivity index (χ0) is 23.4. The summed E-state index contributed by atoms with van der Waals surface area (Å²) in [5.74, 6) is -0.203. The number of carbonyl (C=O) groups is 1. The average molecular weight is 476 g/mol. The fraction of sp³-hybridized carbons (Fsp3) is 0.478. The summed E-state index contributed by atoms with van der Waals surface area (Å²) in [6.07, 6.45) is 2.98. The van der Waals surface area contributed by atoms with E-state index in [4.69, 9.17) is 0 Å². The number of nitrogens with one attached hydrogen (secondary N) is 1. The van der Waals surface area contributed by atoms with Crippen molar-refractivity contribution in [1.29, 1.82) is 0 Å². The highest BCUT2D eigenvalue weighted by molar-refractivity contribution is 7.89. The average Bonchev–Trinajstić information content (AvgIpc) is 2.83. The molecule has 2 aliphatic rings. The zero-order valence-corrected chi connectivity index (χ0v) is 19.6. The van der Waals surface area contributed by atoms with Crippen molar-refractivity contribution in [1.82, 2.24) is 19.5 Å². The summed E-state index contributed by atoms with van der Waals surface area (Å²) in [6, 6.07) is 8.61. The predicted molar refractivity (Wildman–Crippen MR) is 124 cm³/mol. The van der Waals surface area contributed by atoms with Gasteiger partial charge in [-0.2, -0.15) is 4.31 Å². The molecule has 1 N–H and O–H groups in total. The molecule has 33 heavy (non-hydrogen) atoms. The van der Waals surface area contributed by atoms with E-state index in [9.17, 15) is 17.6 Å². The number of rotatable bonds is 6. The molecule has 1 aromatic carbocycles. The molecule has 0 radical (unpaired) electrons. The van der Waals surface area contributed by atoms with Crippen LogP contribution < -0.4 is 10.2 Å². The lowest BCUT2D eigenvalue weighted by Gasteiger charge is -2.34. The highest BCUT2D eigenvalue weighted by Crippen LogP contribution is 2.25. The molecule has 0 aliphatic carbocycles. The maximum absolute atomic E-state index is 13.2. The Labute approximate surface area is 194 Å². The van der Waals surface area contributed by atoms with E-state index in [1.807, 2.05) is 12.1 Å². The Hall–Kier alpha value is -2.56. The quantitative estimate of drug-likeness (QED) is 0.685. The number of benzene rings is 1. The smallest absolute Gasteiger partial charge is 0.243 e. The van der Waals surface area contributed by atoms with E-state index in [2.05, 4.69) is 27.1 Å². The minimum absolute atomic E-state index is 0.0390. The van der Waals surface area contributed by atoms with Crippen LogP contribution in [0.25, 0.3) is 0 Å². The van der Waals surface area contributed by atoms with Gasteiger partial charge in [-0.05, 0) is 50.2 Å². The van der Waals surface area contributed by atoms with E-state index < -0.39 is 21.8 Å². The van der Waals surface area contributed by atoms with Crippen LogP contribution in [0.1, 0.15) is 18.4 Å². The maximum Gasteiger partial charge on any atom is 0.243 e. The second-order valence-electron chi connectivity index (χ2n) is 8.65. The van der Waals surface area contributed by atoms with Gasteiger partial charge >= 0.3 is 0 Å². The number of piperazine rings is 1. The van der Waals surface area contributed by atoms with Crippen LogP contribution in [-0.2, 0) is 21.4 Å². The Kier molecular flexibility index (Phi) is 7.26. The Bertz CT molecular complexity index is 1070. The van der Waals surface area contributed by atoms with Gasteiger partial charge in [0.05, 0.1) is 10.8 Å². The Morgan fingerprint density at radius 3 is 2.58 bits per heavy atom. The lowest BCUT2D eigenvalue weighted by molar-refractivity contribution is -0.126. The molecule has 0 spiro atoms. The molecule has 2 saturated heterocycles. The molecule has 1 unspecified atom stereocenters. The van der Waals surface area contributed by atoms with Gasteiger partial charge in [-0.25, -0.2) is 17.8 Å². The van der Waals surface area contributed by atoms with Crippen molar-refractivity contribution in [3.63, 3.8) is 0 Å². The van der Waals surface area contributed by atoms with E-state index in [0.717, 1.165) is 49.7 Å². The molecule has 1 amide bonds. The van der Waals surface area contributed by atoms with Gasteiger partial charge in [0.25, 0.3) is 0 Å². The number of carbonyl (C=O) groups excluding carboxylic acids is 1. The number of aromatic nitrogens is 1. The third-order valence-corrected chi connectivity index (χ3v) is 8.21. The minimum Gasteiger partial charge on any atom is -0.354 e. The molecule has 8 nitrogen and oxygen atoms in total. The molecule has 1 aromatic heterocycles. The lowest BCUT2D eigenvalue weighted by atomic mass is 9.99. The summed E-state index contributed by atoms with van der Waals surface area (Å²) >= 11 is 0. The van der Waals surface area contributed by atoms with Crippen molar-refractivity contribution in [2.24, 2.45) is 5.92 Å². The summed E-state index contributed by atoms with van der Waals surface area (Å²) in [6.45, 7) is 4.49. The predicted octanol–water partition coefficient (Wildman–Crippen LogP) is 1.69. The largest absolute Gasteiger partial charge is 0.354 e. The normalized spacial score (nSPS) is 20.5. The van der Waals surface area contributed by atoms with Crippen molar-refractivity contribution in [2.75, 3.05) is 51.2 Å². The highest BCUT2D eigenvalue weighted by Gasteiger charge is 2.33. The molecule has 10 heteroatoms. The third-order valence-electron chi connectivity index (χ3n) is 6.33. The van der Waals surface area contributed by atoms with Crippen molar-refractivity contribution < 1.29 is 17.6 Å². The topological polar surface area (TPSA) is 85.8 Å². The third kappa shape index (κ3) is 5.51. The maximum atomic E-state index is 13.2. The van der Waals surface area contributed by atoms with Crippen LogP contribution in [0, 0.1) is 11.7 Å². The van der Waals surface area contributed by atoms with Gasteiger partial charge in [0.1, 0.15) is 11.6 Å². The summed E-state index contributed by atoms with van der Waals surface area (Å²) in [5.41, 5.74) is 0.946. The van der Waals surface area contributed by atoms with Crippen molar-refractivity contribution in [3.8, 4) is 0 Å². The summed E-state index contributed by atoms with van der Waals surface area (Å²) in [4.78, 5) is 22.0. The van der Waals surface area contributed by atoms with E-state index >= 15 is 0 Å². The minimum atomic E-state index is -3.77. The van der Waals surface area contributed by atoms with Crippen LogP contribution in [0.3, 0.4) is 0 Å². The summed E-state index contributed by atoms with van der Waals surface area (Å²) in [7, 11) is -1.67. The molecule has 178 valence electrons. The number of hydrogen-bond donors (Lipinski definition) is 1. The zero-order valence-electron chi connectivity index (χ0n) is 18.8. The van der Waals surface area contributed by atoms with E-state index in [1.54, 1.807) is 6.20 Å². The van der Waals surface area contributed by atoms with Crippen LogP contribution in [0.5, 0.6) is 0 Å². The fourth-order valence-corrected chi connectivity index (χ4v) is 5.85. The first-order valence-electron chi connectivity index (χ1n) is 11.3. The van der Waals surface area contributed by atoms with Gasteiger partial charge in [0.2, 0.25) is 15.9 Å². The number of piperidine rings is 1. The van der Waals surface area contributed by atoms with Crippen molar-refractivity contribution >= 4 is 21.7 Å². The molecule has 1 atom stereocenters. The first kappa shape index (κ1) is 23.6. The van der Waals surface area contributed by atoms with Gasteiger partial charge in [-0.15, -0.1) is 0 Å². The molecule has 4 rings (SSSR count).